The zero-order valence-electron chi connectivity index (χ0n) is 11.0. The Hall–Kier alpha value is -1.36. The number of hydrogen-bond donors (Lipinski definition) is 1. The summed E-state index contributed by atoms with van der Waals surface area (Å²) in [5, 5.41) is 9.53. The number of imidazole rings is 1. The molecule has 1 aromatic rings. The van der Waals surface area contributed by atoms with Crippen LogP contribution < -0.4 is 0 Å². The van der Waals surface area contributed by atoms with Gasteiger partial charge in [0.05, 0.1) is 18.6 Å². The fourth-order valence-corrected chi connectivity index (χ4v) is 2.62. The number of aliphatic hydroxyl groups is 1. The van der Waals surface area contributed by atoms with Gasteiger partial charge in [0.1, 0.15) is 5.69 Å². The van der Waals surface area contributed by atoms with E-state index in [1.807, 2.05) is 11.9 Å². The smallest absolute Gasteiger partial charge is 0.272 e. The third-order valence-electron chi connectivity index (χ3n) is 3.54. The number of amides is 1. The highest BCUT2D eigenvalue weighted by Gasteiger charge is 2.29. The number of hydrogen-bond acceptors (Lipinski definition) is 3. The first-order chi connectivity index (χ1) is 8.59. The minimum atomic E-state index is -0.366. The largest absolute Gasteiger partial charge is 0.393 e. The molecule has 2 rings (SSSR count). The highest BCUT2D eigenvalue weighted by molar-refractivity contribution is 5.92. The van der Waals surface area contributed by atoms with Crippen molar-refractivity contribution in [2.24, 2.45) is 7.05 Å². The second-order valence-electron chi connectivity index (χ2n) is 5.12. The van der Waals surface area contributed by atoms with Crippen molar-refractivity contribution in [3.8, 4) is 0 Å². The van der Waals surface area contributed by atoms with E-state index in [0.29, 0.717) is 12.1 Å². The third-order valence-corrected chi connectivity index (χ3v) is 3.54. The number of likely N-dealkylation sites (tertiary alicyclic amines) is 1. The van der Waals surface area contributed by atoms with Crippen LogP contribution in [-0.4, -0.2) is 44.2 Å². The van der Waals surface area contributed by atoms with Crippen molar-refractivity contribution in [3.05, 3.63) is 18.2 Å². The van der Waals surface area contributed by atoms with E-state index in [0.717, 1.165) is 25.8 Å². The lowest BCUT2D eigenvalue weighted by molar-refractivity contribution is 0.0506. The van der Waals surface area contributed by atoms with E-state index in [1.165, 1.54) is 0 Å². The third kappa shape index (κ3) is 2.72. The van der Waals surface area contributed by atoms with Crippen LogP contribution in [0, 0.1) is 0 Å². The molecule has 0 aliphatic carbocycles. The lowest BCUT2D eigenvalue weighted by Gasteiger charge is -2.36. The van der Waals surface area contributed by atoms with Gasteiger partial charge in [-0.15, -0.1) is 0 Å². The van der Waals surface area contributed by atoms with Gasteiger partial charge in [0.25, 0.3) is 5.91 Å². The number of aromatic nitrogens is 2. The molecule has 18 heavy (non-hydrogen) atoms. The van der Waals surface area contributed by atoms with Crippen LogP contribution in [0.1, 0.15) is 43.1 Å². The topological polar surface area (TPSA) is 58.4 Å². The average molecular weight is 251 g/mol. The molecule has 0 spiro atoms. The van der Waals surface area contributed by atoms with Gasteiger partial charge in [-0.3, -0.25) is 4.79 Å². The van der Waals surface area contributed by atoms with E-state index < -0.39 is 0 Å². The summed E-state index contributed by atoms with van der Waals surface area (Å²) in [7, 11) is 1.83. The van der Waals surface area contributed by atoms with E-state index in [4.69, 9.17) is 0 Å². The minimum Gasteiger partial charge on any atom is -0.393 e. The summed E-state index contributed by atoms with van der Waals surface area (Å²) >= 11 is 0. The second kappa shape index (κ2) is 5.52. The SMILES string of the molecule is CC(O)CC1CCCCN1C(=O)c1cncn1C. The van der Waals surface area contributed by atoms with Crippen molar-refractivity contribution in [2.45, 2.75) is 44.8 Å². The first-order valence-corrected chi connectivity index (χ1v) is 6.55. The second-order valence-corrected chi connectivity index (χ2v) is 5.12. The molecule has 5 heteroatoms. The molecule has 2 heterocycles. The van der Waals surface area contributed by atoms with Gasteiger partial charge in [-0.2, -0.15) is 0 Å². The summed E-state index contributed by atoms with van der Waals surface area (Å²) in [6, 6.07) is 0.154. The number of carbonyl (C=O) groups is 1. The number of rotatable bonds is 3. The van der Waals surface area contributed by atoms with E-state index in [-0.39, 0.29) is 18.1 Å². The standard InChI is InChI=1S/C13H21N3O2/c1-10(17)7-11-5-3-4-6-16(11)13(18)12-8-14-9-15(12)2/h8-11,17H,3-7H2,1-2H3. The monoisotopic (exact) mass is 251 g/mol. The van der Waals surface area contributed by atoms with Crippen molar-refractivity contribution in [1.29, 1.82) is 0 Å². The number of aryl methyl sites for hydroxylation is 1. The molecule has 1 N–H and O–H groups in total. The molecule has 1 aliphatic rings. The molecule has 2 unspecified atom stereocenters. The van der Waals surface area contributed by atoms with Gasteiger partial charge >= 0.3 is 0 Å². The predicted molar refractivity (Wildman–Crippen MR) is 68.2 cm³/mol. The van der Waals surface area contributed by atoms with Gasteiger partial charge in [-0.1, -0.05) is 0 Å². The maximum Gasteiger partial charge on any atom is 0.272 e. The quantitative estimate of drug-likeness (QED) is 0.877. The van der Waals surface area contributed by atoms with Crippen LogP contribution in [0.4, 0.5) is 0 Å². The van der Waals surface area contributed by atoms with E-state index in [9.17, 15) is 9.90 Å². The zero-order valence-corrected chi connectivity index (χ0v) is 11.0. The maximum atomic E-state index is 12.5. The van der Waals surface area contributed by atoms with Crippen LogP contribution in [0.15, 0.2) is 12.5 Å². The maximum absolute atomic E-state index is 12.5. The molecule has 1 saturated heterocycles. The number of piperidine rings is 1. The predicted octanol–water partition coefficient (Wildman–Crippen LogP) is 1.19. The molecule has 1 amide bonds. The highest BCUT2D eigenvalue weighted by atomic mass is 16.3. The van der Waals surface area contributed by atoms with Crippen molar-refractivity contribution in [1.82, 2.24) is 14.5 Å². The Balaban J connectivity index is 2.13. The van der Waals surface area contributed by atoms with Crippen LogP contribution in [0.3, 0.4) is 0 Å². The van der Waals surface area contributed by atoms with Crippen LogP contribution in [0.25, 0.3) is 0 Å². The average Bonchev–Trinajstić information content (AvgIpc) is 2.74. The molecular formula is C13H21N3O2. The Morgan fingerprint density at radius 3 is 3.00 bits per heavy atom. The van der Waals surface area contributed by atoms with E-state index in [2.05, 4.69) is 4.98 Å². The first-order valence-electron chi connectivity index (χ1n) is 6.55. The Kier molecular flexibility index (Phi) is 4.01. The van der Waals surface area contributed by atoms with Gasteiger partial charge in [0.15, 0.2) is 0 Å². The molecule has 1 aromatic heterocycles. The first kappa shape index (κ1) is 13.1. The van der Waals surface area contributed by atoms with Crippen LogP contribution in [0.2, 0.25) is 0 Å². The molecular weight excluding hydrogens is 230 g/mol. The number of nitrogens with zero attached hydrogens (tertiary/aromatic N) is 3. The molecule has 0 bridgehead atoms. The fourth-order valence-electron chi connectivity index (χ4n) is 2.62. The summed E-state index contributed by atoms with van der Waals surface area (Å²) < 4.78 is 1.75. The van der Waals surface area contributed by atoms with Crippen LogP contribution >= 0.6 is 0 Å². The van der Waals surface area contributed by atoms with E-state index in [1.54, 1.807) is 24.0 Å². The Morgan fingerprint density at radius 2 is 2.39 bits per heavy atom. The van der Waals surface area contributed by atoms with Gasteiger partial charge in [-0.05, 0) is 32.6 Å². The normalized spacial score (nSPS) is 21.9. The van der Waals surface area contributed by atoms with Crippen LogP contribution in [-0.2, 0) is 7.05 Å². The van der Waals surface area contributed by atoms with Crippen molar-refractivity contribution in [3.63, 3.8) is 0 Å². The molecule has 0 saturated carbocycles. The van der Waals surface area contributed by atoms with Gasteiger partial charge in [0.2, 0.25) is 0 Å². The number of carbonyl (C=O) groups excluding carboxylic acids is 1. The highest BCUT2D eigenvalue weighted by Crippen LogP contribution is 2.22. The van der Waals surface area contributed by atoms with Gasteiger partial charge in [-0.25, -0.2) is 4.98 Å². The Morgan fingerprint density at radius 1 is 1.61 bits per heavy atom. The van der Waals surface area contributed by atoms with E-state index >= 15 is 0 Å². The zero-order chi connectivity index (χ0) is 13.1. The van der Waals surface area contributed by atoms with Crippen molar-refractivity contribution in [2.75, 3.05) is 6.54 Å². The molecule has 1 fully saturated rings. The van der Waals surface area contributed by atoms with Gasteiger partial charge in [0, 0.05) is 19.6 Å². The summed E-state index contributed by atoms with van der Waals surface area (Å²) in [4.78, 5) is 18.3. The molecule has 0 aromatic carbocycles. The van der Waals surface area contributed by atoms with Gasteiger partial charge < -0.3 is 14.6 Å². The lowest BCUT2D eigenvalue weighted by atomic mass is 9.97. The summed E-state index contributed by atoms with van der Waals surface area (Å²) in [5.41, 5.74) is 0.618. The fraction of sp³-hybridized carbons (Fsp3) is 0.692. The summed E-state index contributed by atoms with van der Waals surface area (Å²) in [6.45, 7) is 2.56. The Labute approximate surface area is 107 Å². The minimum absolute atomic E-state index is 0.0281. The molecule has 1 aliphatic heterocycles. The summed E-state index contributed by atoms with van der Waals surface area (Å²) in [5.74, 6) is 0.0281. The Bertz CT molecular complexity index is 414. The molecule has 5 nitrogen and oxygen atoms in total. The molecule has 100 valence electrons. The lowest BCUT2D eigenvalue weighted by Crippen LogP contribution is -2.45. The molecule has 2 atom stereocenters. The number of aliphatic hydroxyl groups excluding tert-OH is 1. The summed E-state index contributed by atoms with van der Waals surface area (Å²) in [6.07, 6.45) is 6.69. The van der Waals surface area contributed by atoms with Crippen molar-refractivity contribution >= 4 is 5.91 Å². The molecule has 0 radical (unpaired) electrons. The van der Waals surface area contributed by atoms with Crippen LogP contribution in [0.5, 0.6) is 0 Å². The van der Waals surface area contributed by atoms with Crippen molar-refractivity contribution < 1.29 is 9.90 Å².